The second-order valence-corrected chi connectivity index (χ2v) is 21.2. The lowest BCUT2D eigenvalue weighted by Crippen LogP contribution is -2.24. The maximum atomic E-state index is 13.2. The van der Waals surface area contributed by atoms with Crippen LogP contribution >= 0.6 is 0 Å². The van der Waals surface area contributed by atoms with Crippen molar-refractivity contribution in [3.8, 4) is 40.2 Å². The molecule has 0 amide bonds. The summed E-state index contributed by atoms with van der Waals surface area (Å²) < 4.78 is 81.1. The van der Waals surface area contributed by atoms with Crippen molar-refractivity contribution in [2.75, 3.05) is 54.4 Å². The highest BCUT2D eigenvalue weighted by atomic mass is 19.4. The van der Waals surface area contributed by atoms with Crippen LogP contribution in [-0.2, 0) is 20.9 Å². The average Bonchev–Trinajstić information content (AvgIpc) is 0.975. The topological polar surface area (TPSA) is 129 Å². The van der Waals surface area contributed by atoms with Gasteiger partial charge >= 0.3 is 6.18 Å². The fourth-order valence-electron chi connectivity index (χ4n) is 9.27. The fraction of sp³-hybridized carbons (Fsp3) is 0.430. The van der Waals surface area contributed by atoms with Gasteiger partial charge in [-0.25, -0.2) is 0 Å². The number of rotatable bonds is 31. The smallest absolute Gasteiger partial charge is 0.437 e. The van der Waals surface area contributed by atoms with Gasteiger partial charge in [-0.05, 0) is 232 Å². The molecule has 0 radical (unpaired) electrons. The van der Waals surface area contributed by atoms with Gasteiger partial charge in [-0.3, -0.25) is 0 Å². The maximum Gasteiger partial charge on any atom is 0.437 e. The van der Waals surface area contributed by atoms with Crippen molar-refractivity contribution in [3.63, 3.8) is 0 Å². The minimum absolute atomic E-state index is 0.0199. The molecule has 16 heteroatoms. The molecule has 95 heavy (non-hydrogen) atoms. The van der Waals surface area contributed by atoms with E-state index in [0.717, 1.165) is 134 Å². The van der Waals surface area contributed by atoms with Gasteiger partial charge in [0.1, 0.15) is 81.4 Å². The minimum atomic E-state index is -4.59. The van der Waals surface area contributed by atoms with Crippen LogP contribution in [0, 0.1) is 41.5 Å². The van der Waals surface area contributed by atoms with Crippen LogP contribution in [0.4, 0.5) is 13.2 Å². The molecule has 0 saturated carbocycles. The molecule has 522 valence electrons. The Labute approximate surface area is 568 Å². The molecule has 6 aromatic carbocycles. The zero-order valence-electron chi connectivity index (χ0n) is 60.7. The third-order valence-corrected chi connectivity index (χ3v) is 13.6. The molecule has 6 rings (SSSR count). The Hall–Kier alpha value is -8.66. The summed E-state index contributed by atoms with van der Waals surface area (Å²) in [4.78, 5) is 13.9. The summed E-state index contributed by atoms with van der Waals surface area (Å²) in [7, 11) is 4.17. The number of hydrogen-bond donors (Lipinski definition) is 0. The second kappa shape index (κ2) is 49.0. The zero-order valence-corrected chi connectivity index (χ0v) is 60.7. The highest BCUT2D eigenvalue weighted by molar-refractivity contribution is 6.04. The van der Waals surface area contributed by atoms with Gasteiger partial charge in [0.15, 0.2) is 5.71 Å². The Balaban J connectivity index is 0.000000685. The van der Waals surface area contributed by atoms with Crippen LogP contribution in [0.2, 0.25) is 0 Å². The van der Waals surface area contributed by atoms with Crippen LogP contribution in [0.5, 0.6) is 40.2 Å². The van der Waals surface area contributed by atoms with Crippen molar-refractivity contribution in [2.45, 2.75) is 175 Å². The monoisotopic (exact) mass is 1320 g/mol. The fourth-order valence-corrected chi connectivity index (χ4v) is 9.27. The number of ether oxygens (including phenoxy) is 7. The van der Waals surface area contributed by atoms with E-state index in [4.69, 9.17) is 42.8 Å². The van der Waals surface area contributed by atoms with Crippen LogP contribution in [0.25, 0.3) is 0 Å². The molecule has 0 N–H and O–H groups in total. The standard InChI is InChI=1S/C26H35NO4.C25H33NO4.C22H24F3NO2.3C2H6/c1-7-8-14-29-25-16-19(2)26(20(3)17-25)30-15-10-11-21(4)31-24-13-9-12-23(18-24)22(5)27-28-6;1-6-7-13-29-24-15-19(2)25(20(3)16-24)30-21(4)10-9-14-28-23-12-8-11-22(17-23)18-26-27-5;1-5-6-10-28-19-11-15(2)20(16(3)12-19)14-17-8-7-9-18(13-17)21(26-27-4)22(23,24)25;3*1-2/h7-9,12-13,16-18,21H,10-11,14-15H2,1-6H3;6-8,11-12,15-18,21H,9-10,13-14H2,1-5H3;5-9,11-13H,10,14H2,1-4H3;3*1-2H3/b8-7+,27-22-;7-6+,26-18-;6-5+,26-21+;;;. The summed E-state index contributed by atoms with van der Waals surface area (Å²) >= 11 is 0. The van der Waals surface area contributed by atoms with E-state index in [1.165, 1.54) is 19.2 Å². The van der Waals surface area contributed by atoms with Gasteiger partial charge < -0.3 is 47.7 Å². The van der Waals surface area contributed by atoms with Crippen molar-refractivity contribution in [3.05, 3.63) is 207 Å². The van der Waals surface area contributed by atoms with Gasteiger partial charge in [0.2, 0.25) is 0 Å². The molecule has 0 bridgehead atoms. The Morgan fingerprint density at radius 2 is 0.926 bits per heavy atom. The van der Waals surface area contributed by atoms with E-state index in [-0.39, 0.29) is 17.8 Å². The number of oxime groups is 3. The molecule has 0 saturated heterocycles. The van der Waals surface area contributed by atoms with Gasteiger partial charge in [-0.1, -0.05) is 136 Å². The largest absolute Gasteiger partial charge is 0.494 e. The maximum absolute atomic E-state index is 13.2. The average molecular weight is 1320 g/mol. The summed E-state index contributed by atoms with van der Waals surface area (Å²) in [5, 5.41) is 10.9. The molecule has 6 aromatic rings. The molecule has 2 atom stereocenters. The van der Waals surface area contributed by atoms with E-state index >= 15 is 0 Å². The Kier molecular flexibility index (Phi) is 43.5. The summed E-state index contributed by atoms with van der Waals surface area (Å²) in [6.45, 7) is 39.1. The lowest BCUT2D eigenvalue weighted by atomic mass is 9.94. The SMILES string of the molecule is C/C=C/COc1cc(C)c(Cc2cccc(/C(=N\OC)C(F)(F)F)c2)c(C)c1.C/C=C/COc1cc(C)c(OC(C)CCCOc2cccc(/C=N\OC)c2)c(C)c1.C/C=C/COc1cc(C)c(OCCCC(C)Oc2cccc(/C(C)=N\OC)c2)c(C)c1.CC.CC.CC. The molecule has 0 aliphatic heterocycles. The molecule has 2 unspecified atom stereocenters. The predicted octanol–water partition coefficient (Wildman–Crippen LogP) is 21.0. The number of halogens is 3. The van der Waals surface area contributed by atoms with E-state index < -0.39 is 11.9 Å². The minimum Gasteiger partial charge on any atom is -0.494 e. The van der Waals surface area contributed by atoms with Crippen LogP contribution in [0.15, 0.2) is 161 Å². The highest BCUT2D eigenvalue weighted by Crippen LogP contribution is 2.32. The summed E-state index contributed by atoms with van der Waals surface area (Å²) in [5.41, 5.74) is 9.91. The Morgan fingerprint density at radius 3 is 1.42 bits per heavy atom. The second-order valence-electron chi connectivity index (χ2n) is 21.2. The molecular weight excluding hydrogens is 1210 g/mol. The first-order valence-electron chi connectivity index (χ1n) is 33.0. The molecule has 0 aliphatic rings. The van der Waals surface area contributed by atoms with Crippen LogP contribution in [0.3, 0.4) is 0 Å². The Morgan fingerprint density at radius 1 is 0.474 bits per heavy atom. The normalized spacial score (nSPS) is 11.9. The van der Waals surface area contributed by atoms with E-state index in [2.05, 4.69) is 61.8 Å². The summed E-state index contributed by atoms with van der Waals surface area (Å²) in [6, 6.07) is 34.0. The summed E-state index contributed by atoms with van der Waals surface area (Å²) in [6.07, 6.45) is 13.2. The first kappa shape index (κ1) is 84.4. The number of benzene rings is 6. The van der Waals surface area contributed by atoms with E-state index in [1.54, 1.807) is 25.5 Å². The van der Waals surface area contributed by atoms with Crippen LogP contribution < -0.4 is 33.2 Å². The zero-order chi connectivity index (χ0) is 71.1. The molecule has 0 aliphatic carbocycles. The van der Waals surface area contributed by atoms with Crippen molar-refractivity contribution >= 4 is 17.6 Å². The number of nitrogens with zero attached hydrogens (tertiary/aromatic N) is 3. The number of aryl methyl sites for hydroxylation is 6. The van der Waals surface area contributed by atoms with Gasteiger partial charge in [0.05, 0.1) is 37.3 Å². The van der Waals surface area contributed by atoms with Gasteiger partial charge in [-0.15, -0.1) is 0 Å². The molecule has 13 nitrogen and oxygen atoms in total. The highest BCUT2D eigenvalue weighted by Gasteiger charge is 2.38. The lowest BCUT2D eigenvalue weighted by molar-refractivity contribution is -0.0608. The lowest BCUT2D eigenvalue weighted by Gasteiger charge is -2.19. The van der Waals surface area contributed by atoms with E-state index in [9.17, 15) is 13.2 Å². The summed E-state index contributed by atoms with van der Waals surface area (Å²) in [5.74, 6) is 6.04. The molecule has 0 heterocycles. The van der Waals surface area contributed by atoms with Gasteiger partial charge in [-0.2, -0.15) is 13.2 Å². The first-order chi connectivity index (χ1) is 45.7. The van der Waals surface area contributed by atoms with Crippen LogP contribution in [-0.4, -0.2) is 90.4 Å². The molecule has 0 fully saturated rings. The van der Waals surface area contributed by atoms with E-state index in [1.807, 2.05) is 204 Å². The van der Waals surface area contributed by atoms with Crippen LogP contribution in [0.1, 0.15) is 170 Å². The predicted molar refractivity (Wildman–Crippen MR) is 388 cm³/mol. The van der Waals surface area contributed by atoms with E-state index in [0.29, 0.717) is 39.5 Å². The number of alkyl halides is 3. The van der Waals surface area contributed by atoms with Gasteiger partial charge in [0, 0.05) is 11.1 Å². The first-order valence-corrected chi connectivity index (χ1v) is 33.0. The molecule has 0 spiro atoms. The quantitative estimate of drug-likeness (QED) is 0.0179. The van der Waals surface area contributed by atoms with Crippen molar-refractivity contribution < 1.29 is 60.8 Å². The third-order valence-electron chi connectivity index (χ3n) is 13.6. The number of hydrogen-bond acceptors (Lipinski definition) is 13. The molecule has 0 aromatic heterocycles. The third kappa shape index (κ3) is 32.8. The number of allylic oxidation sites excluding steroid dienone is 3. The Bertz CT molecular complexity index is 3230. The van der Waals surface area contributed by atoms with Gasteiger partial charge in [0.25, 0.3) is 0 Å². The van der Waals surface area contributed by atoms with Crippen molar-refractivity contribution in [2.24, 2.45) is 15.5 Å². The van der Waals surface area contributed by atoms with Crippen molar-refractivity contribution in [1.82, 2.24) is 0 Å². The van der Waals surface area contributed by atoms with Crippen molar-refractivity contribution in [1.29, 1.82) is 0 Å². The molecular formula is C79H110F3N3O10.